The number of sulfonamides is 1. The zero-order valence-electron chi connectivity index (χ0n) is 13.7. The zero-order valence-corrected chi connectivity index (χ0v) is 15.3. The van der Waals surface area contributed by atoms with E-state index in [1.807, 2.05) is 0 Å². The van der Waals surface area contributed by atoms with Crippen LogP contribution in [0.3, 0.4) is 0 Å². The van der Waals surface area contributed by atoms with Crippen LogP contribution in [0.4, 0.5) is 18.9 Å². The summed E-state index contributed by atoms with van der Waals surface area (Å²) in [6, 6.07) is 10.2. The number of amides is 1. The third-order valence-electron chi connectivity index (χ3n) is 3.32. The van der Waals surface area contributed by atoms with Gasteiger partial charge >= 0.3 is 6.18 Å². The maximum absolute atomic E-state index is 12.9. The van der Waals surface area contributed by atoms with Crippen LogP contribution in [-0.4, -0.2) is 20.9 Å². The molecule has 11 heteroatoms. The van der Waals surface area contributed by atoms with Gasteiger partial charge in [0.2, 0.25) is 15.9 Å². The van der Waals surface area contributed by atoms with Gasteiger partial charge in [0, 0.05) is 18.0 Å². The van der Waals surface area contributed by atoms with Crippen LogP contribution in [0.1, 0.15) is 12.0 Å². The SMILES string of the molecule is O=C(CCNS(=O)(=O)c1cccc(Cl)c1)NNc1ccccc1C(F)(F)F. The van der Waals surface area contributed by atoms with Gasteiger partial charge in [-0.15, -0.1) is 0 Å². The summed E-state index contributed by atoms with van der Waals surface area (Å²) in [5.74, 6) is -0.694. The Kier molecular flexibility index (Phi) is 6.68. The molecule has 0 radical (unpaired) electrons. The largest absolute Gasteiger partial charge is 0.418 e. The zero-order chi connectivity index (χ0) is 20.1. The molecule has 146 valence electrons. The molecule has 0 aliphatic rings. The van der Waals surface area contributed by atoms with Crippen molar-refractivity contribution in [2.45, 2.75) is 17.5 Å². The Balaban J connectivity index is 1.87. The Hall–Kier alpha value is -2.30. The number of alkyl halides is 3. The first-order valence-electron chi connectivity index (χ1n) is 7.56. The molecule has 0 aromatic heterocycles. The molecule has 6 nitrogen and oxygen atoms in total. The predicted molar refractivity (Wildman–Crippen MR) is 94.5 cm³/mol. The number of hydrogen-bond donors (Lipinski definition) is 3. The maximum atomic E-state index is 12.9. The quantitative estimate of drug-likeness (QED) is 0.599. The maximum Gasteiger partial charge on any atom is 0.418 e. The van der Waals surface area contributed by atoms with Crippen molar-refractivity contribution >= 4 is 33.2 Å². The van der Waals surface area contributed by atoms with Crippen LogP contribution in [0.2, 0.25) is 5.02 Å². The summed E-state index contributed by atoms with van der Waals surface area (Å²) < 4.78 is 64.9. The molecule has 0 atom stereocenters. The molecule has 0 spiro atoms. The molecule has 0 unspecified atom stereocenters. The first kappa shape index (κ1) is 21.0. The van der Waals surface area contributed by atoms with Gasteiger partial charge in [0.25, 0.3) is 0 Å². The summed E-state index contributed by atoms with van der Waals surface area (Å²) >= 11 is 5.73. The second kappa shape index (κ2) is 8.59. The number of hydrogen-bond acceptors (Lipinski definition) is 4. The van der Waals surface area contributed by atoms with Crippen molar-refractivity contribution in [3.63, 3.8) is 0 Å². The third-order valence-corrected chi connectivity index (χ3v) is 5.01. The van der Waals surface area contributed by atoms with E-state index in [9.17, 15) is 26.4 Å². The number of benzene rings is 2. The topological polar surface area (TPSA) is 87.3 Å². The lowest BCUT2D eigenvalue weighted by Gasteiger charge is -2.15. The van der Waals surface area contributed by atoms with Crippen molar-refractivity contribution in [2.24, 2.45) is 0 Å². The fourth-order valence-corrected chi connectivity index (χ4v) is 3.39. The van der Waals surface area contributed by atoms with E-state index in [1.54, 1.807) is 0 Å². The predicted octanol–water partition coefficient (Wildman–Crippen LogP) is 3.17. The molecule has 2 aromatic rings. The van der Waals surface area contributed by atoms with Crippen molar-refractivity contribution in [1.82, 2.24) is 10.1 Å². The average Bonchev–Trinajstić information content (AvgIpc) is 2.59. The van der Waals surface area contributed by atoms with Crippen molar-refractivity contribution in [3.05, 3.63) is 59.1 Å². The Bertz CT molecular complexity index is 920. The molecule has 27 heavy (non-hydrogen) atoms. The molecular formula is C16H15ClF3N3O3S. The number of hydrazine groups is 1. The van der Waals surface area contributed by atoms with Gasteiger partial charge in [0.05, 0.1) is 16.1 Å². The fraction of sp³-hybridized carbons (Fsp3) is 0.188. The minimum absolute atomic E-state index is 0.0624. The molecule has 0 saturated heterocycles. The average molecular weight is 422 g/mol. The fourth-order valence-electron chi connectivity index (χ4n) is 2.06. The molecule has 2 rings (SSSR count). The molecule has 0 fully saturated rings. The van der Waals surface area contributed by atoms with Gasteiger partial charge in [0.15, 0.2) is 0 Å². The first-order chi connectivity index (χ1) is 12.6. The smallest absolute Gasteiger partial charge is 0.298 e. The highest BCUT2D eigenvalue weighted by atomic mass is 35.5. The van der Waals surface area contributed by atoms with E-state index in [0.29, 0.717) is 0 Å². The van der Waals surface area contributed by atoms with Crippen LogP contribution in [0, 0.1) is 0 Å². The van der Waals surface area contributed by atoms with E-state index < -0.39 is 27.7 Å². The van der Waals surface area contributed by atoms with Gasteiger partial charge in [-0.1, -0.05) is 29.8 Å². The lowest BCUT2D eigenvalue weighted by molar-refractivity contribution is -0.137. The number of nitrogens with one attached hydrogen (secondary N) is 3. The van der Waals surface area contributed by atoms with E-state index in [2.05, 4.69) is 15.6 Å². The van der Waals surface area contributed by atoms with E-state index in [1.165, 1.54) is 36.4 Å². The van der Waals surface area contributed by atoms with Gasteiger partial charge < -0.3 is 0 Å². The Morgan fingerprint density at radius 1 is 1.07 bits per heavy atom. The number of rotatable bonds is 7. The molecule has 0 bridgehead atoms. The highest BCUT2D eigenvalue weighted by molar-refractivity contribution is 7.89. The van der Waals surface area contributed by atoms with Crippen molar-refractivity contribution in [2.75, 3.05) is 12.0 Å². The summed E-state index contributed by atoms with van der Waals surface area (Å²) in [5, 5.41) is 0.239. The number of carbonyl (C=O) groups is 1. The molecule has 0 saturated carbocycles. The molecule has 1 amide bonds. The second-order valence-corrected chi connectivity index (χ2v) is 7.53. The standard InChI is InChI=1S/C16H15ClF3N3O3S/c17-11-4-3-5-12(10-11)27(25,26)21-9-8-15(24)23-22-14-7-2-1-6-13(14)16(18,19)20/h1-7,10,21-22H,8-9H2,(H,23,24). The second-order valence-electron chi connectivity index (χ2n) is 5.32. The monoisotopic (exact) mass is 421 g/mol. The van der Waals surface area contributed by atoms with Gasteiger partial charge in [-0.2, -0.15) is 13.2 Å². The highest BCUT2D eigenvalue weighted by Gasteiger charge is 2.33. The van der Waals surface area contributed by atoms with Crippen LogP contribution in [-0.2, 0) is 21.0 Å². The van der Waals surface area contributed by atoms with Gasteiger partial charge in [-0.3, -0.25) is 15.6 Å². The van der Waals surface area contributed by atoms with Crippen LogP contribution < -0.4 is 15.6 Å². The van der Waals surface area contributed by atoms with Crippen LogP contribution in [0.15, 0.2) is 53.4 Å². The molecule has 2 aromatic carbocycles. The van der Waals surface area contributed by atoms with Crippen molar-refractivity contribution < 1.29 is 26.4 Å². The highest BCUT2D eigenvalue weighted by Crippen LogP contribution is 2.34. The summed E-state index contributed by atoms with van der Waals surface area (Å²) in [6.07, 6.45) is -4.87. The summed E-state index contributed by atoms with van der Waals surface area (Å²) in [5.41, 5.74) is 3.03. The number of para-hydroxylation sites is 1. The Morgan fingerprint density at radius 2 is 1.78 bits per heavy atom. The Morgan fingerprint density at radius 3 is 2.44 bits per heavy atom. The van der Waals surface area contributed by atoms with Crippen LogP contribution >= 0.6 is 11.6 Å². The first-order valence-corrected chi connectivity index (χ1v) is 9.42. The molecule has 3 N–H and O–H groups in total. The van der Waals surface area contributed by atoms with Gasteiger partial charge in [-0.25, -0.2) is 13.1 Å². The van der Waals surface area contributed by atoms with Gasteiger partial charge in [-0.05, 0) is 30.3 Å². The molecule has 0 aliphatic heterocycles. The van der Waals surface area contributed by atoms with E-state index in [0.717, 1.165) is 12.1 Å². The molecule has 0 heterocycles. The molecule has 0 aliphatic carbocycles. The lowest BCUT2D eigenvalue weighted by Crippen LogP contribution is -2.34. The lowest BCUT2D eigenvalue weighted by atomic mass is 10.2. The summed E-state index contributed by atoms with van der Waals surface area (Å²) in [6.45, 7) is -0.247. The van der Waals surface area contributed by atoms with Crippen LogP contribution in [0.5, 0.6) is 0 Å². The van der Waals surface area contributed by atoms with Crippen molar-refractivity contribution in [3.8, 4) is 0 Å². The minimum Gasteiger partial charge on any atom is -0.298 e. The third kappa shape index (κ3) is 6.12. The number of anilines is 1. The molecular weight excluding hydrogens is 407 g/mol. The minimum atomic E-state index is -4.58. The van der Waals surface area contributed by atoms with E-state index >= 15 is 0 Å². The summed E-state index contributed by atoms with van der Waals surface area (Å²) in [7, 11) is -3.86. The van der Waals surface area contributed by atoms with Crippen LogP contribution in [0.25, 0.3) is 0 Å². The summed E-state index contributed by atoms with van der Waals surface area (Å²) in [4.78, 5) is 11.7. The van der Waals surface area contributed by atoms with Gasteiger partial charge in [0.1, 0.15) is 0 Å². The van der Waals surface area contributed by atoms with E-state index in [-0.39, 0.29) is 28.6 Å². The normalized spacial score (nSPS) is 11.9. The number of carbonyl (C=O) groups excluding carboxylic acids is 1. The number of halogens is 4. The van der Waals surface area contributed by atoms with E-state index in [4.69, 9.17) is 11.6 Å². The van der Waals surface area contributed by atoms with Crippen molar-refractivity contribution in [1.29, 1.82) is 0 Å². The Labute approximate surface area is 158 Å².